The number of aromatic nitrogens is 3. The largest absolute Gasteiger partial charge is 0.390 e. The van der Waals surface area contributed by atoms with Gasteiger partial charge in [0.2, 0.25) is 0 Å². The lowest BCUT2D eigenvalue weighted by atomic mass is 9.80. The van der Waals surface area contributed by atoms with E-state index in [1.165, 1.54) is 17.7 Å². The maximum atomic E-state index is 11.0. The Morgan fingerprint density at radius 2 is 2.00 bits per heavy atom. The second-order valence-electron chi connectivity index (χ2n) is 8.90. The number of pyridine rings is 1. The second kappa shape index (κ2) is 7.91. The third kappa shape index (κ3) is 3.53. The summed E-state index contributed by atoms with van der Waals surface area (Å²) in [7, 11) is 0. The molecule has 3 aromatic heterocycles. The predicted octanol–water partition coefficient (Wildman–Crippen LogP) is 4.01. The summed E-state index contributed by atoms with van der Waals surface area (Å²) in [5.74, 6) is 0.708. The van der Waals surface area contributed by atoms with Gasteiger partial charge in [-0.05, 0) is 58.3 Å². The van der Waals surface area contributed by atoms with Crippen molar-refractivity contribution in [3.63, 3.8) is 0 Å². The van der Waals surface area contributed by atoms with E-state index >= 15 is 0 Å². The average molecular weight is 514 g/mol. The number of hydrogen-bond acceptors (Lipinski definition) is 8. The summed E-state index contributed by atoms with van der Waals surface area (Å²) in [6.07, 6.45) is 1.94. The zero-order valence-corrected chi connectivity index (χ0v) is 19.9. The van der Waals surface area contributed by atoms with Crippen LogP contribution in [-0.4, -0.2) is 37.4 Å². The van der Waals surface area contributed by atoms with Crippen molar-refractivity contribution < 1.29 is 10.2 Å². The molecule has 32 heavy (non-hydrogen) atoms. The number of thiophene rings is 1. The molecule has 6 N–H and O–H groups in total. The van der Waals surface area contributed by atoms with Crippen LogP contribution in [0.25, 0.3) is 21.8 Å². The van der Waals surface area contributed by atoms with Gasteiger partial charge >= 0.3 is 0 Å². The van der Waals surface area contributed by atoms with Gasteiger partial charge < -0.3 is 21.7 Å². The van der Waals surface area contributed by atoms with Crippen LogP contribution >= 0.6 is 27.3 Å². The molecule has 0 saturated heterocycles. The Kier molecular flexibility index (Phi) is 5.32. The topological polar surface area (TPSA) is 131 Å². The van der Waals surface area contributed by atoms with Crippen molar-refractivity contribution in [2.24, 2.45) is 5.41 Å². The fraction of sp³-hybridized carbons (Fsp3) is 0.348. The van der Waals surface area contributed by atoms with Crippen molar-refractivity contribution in [2.45, 2.75) is 44.3 Å². The molecule has 1 aliphatic rings. The Morgan fingerprint density at radius 1 is 1.19 bits per heavy atom. The Morgan fingerprint density at radius 3 is 2.81 bits per heavy atom. The number of benzene rings is 1. The zero-order valence-electron chi connectivity index (χ0n) is 17.5. The highest BCUT2D eigenvalue weighted by atomic mass is 79.9. The molecule has 0 spiro atoms. The summed E-state index contributed by atoms with van der Waals surface area (Å²) in [6.45, 7) is 2.05. The minimum Gasteiger partial charge on any atom is -0.390 e. The molecule has 1 aromatic carbocycles. The van der Waals surface area contributed by atoms with Gasteiger partial charge in [0, 0.05) is 21.6 Å². The molecule has 1 aliphatic carbocycles. The van der Waals surface area contributed by atoms with Crippen molar-refractivity contribution >= 4 is 60.7 Å². The number of aryl methyl sites for hydroxylation is 1. The summed E-state index contributed by atoms with van der Waals surface area (Å²) >= 11 is 4.94. The highest BCUT2D eigenvalue weighted by Crippen LogP contribution is 2.51. The van der Waals surface area contributed by atoms with Crippen molar-refractivity contribution in [3.05, 3.63) is 50.9 Å². The quantitative estimate of drug-likeness (QED) is 0.324. The highest BCUT2D eigenvalue weighted by Gasteiger charge is 2.50. The van der Waals surface area contributed by atoms with E-state index in [0.29, 0.717) is 18.1 Å². The van der Waals surface area contributed by atoms with Gasteiger partial charge in [-0.2, -0.15) is 0 Å². The van der Waals surface area contributed by atoms with Gasteiger partial charge in [-0.25, -0.2) is 15.0 Å². The summed E-state index contributed by atoms with van der Waals surface area (Å²) in [5, 5.41) is 25.7. The van der Waals surface area contributed by atoms with E-state index in [2.05, 4.69) is 43.9 Å². The van der Waals surface area contributed by atoms with Crippen LogP contribution in [0.3, 0.4) is 0 Å². The number of rotatable bonds is 4. The third-order valence-corrected chi connectivity index (χ3v) is 8.51. The lowest BCUT2D eigenvalue weighted by Crippen LogP contribution is -2.34. The van der Waals surface area contributed by atoms with Gasteiger partial charge in [0.15, 0.2) is 0 Å². The van der Waals surface area contributed by atoms with E-state index in [4.69, 9.17) is 11.5 Å². The molecule has 0 unspecified atom stereocenters. The van der Waals surface area contributed by atoms with Crippen LogP contribution in [0, 0.1) is 5.41 Å². The molecule has 0 amide bonds. The standard InChI is InChI=1S/C23H24BrN5O2S/c1-23(5-4-11-2-3-12-7-15(24)22(26)29-16(12)6-11)8-13(18(30)20(23)31)19-17-14(9-32-19)21(25)28-10-27-17/h2-3,6-7,9-10,13,18,20,30-31H,4-5,8H2,1H3,(H2,26,29)(H2,25,27,28)/t13-,18+,20+,23+/m1/s1. The van der Waals surface area contributed by atoms with Gasteiger partial charge in [0.1, 0.15) is 18.0 Å². The molecule has 3 heterocycles. The maximum Gasteiger partial charge on any atom is 0.138 e. The molecule has 0 radical (unpaired) electrons. The van der Waals surface area contributed by atoms with Crippen molar-refractivity contribution in [3.8, 4) is 0 Å². The molecule has 1 saturated carbocycles. The highest BCUT2D eigenvalue weighted by molar-refractivity contribution is 9.10. The van der Waals surface area contributed by atoms with Crippen molar-refractivity contribution in [1.29, 1.82) is 0 Å². The Labute approximate surface area is 197 Å². The van der Waals surface area contributed by atoms with E-state index in [-0.39, 0.29) is 5.92 Å². The predicted molar refractivity (Wildman–Crippen MR) is 131 cm³/mol. The van der Waals surface area contributed by atoms with E-state index in [0.717, 1.165) is 49.6 Å². The van der Waals surface area contributed by atoms with Crippen LogP contribution in [0.2, 0.25) is 0 Å². The molecule has 5 rings (SSSR count). The number of nitrogens with two attached hydrogens (primary N) is 2. The molecule has 4 aromatic rings. The molecule has 4 atom stereocenters. The normalized spacial score (nSPS) is 25.7. The van der Waals surface area contributed by atoms with Crippen LogP contribution in [0.4, 0.5) is 11.6 Å². The Bertz CT molecular complexity index is 1330. The Hall–Kier alpha value is -2.33. The third-order valence-electron chi connectivity index (χ3n) is 6.77. The van der Waals surface area contributed by atoms with Gasteiger partial charge in [-0.3, -0.25) is 0 Å². The number of halogens is 1. The molecular formula is C23H24BrN5O2S. The van der Waals surface area contributed by atoms with Gasteiger partial charge in [0.25, 0.3) is 0 Å². The number of aliphatic hydroxyl groups is 2. The van der Waals surface area contributed by atoms with Crippen LogP contribution in [0.1, 0.15) is 36.1 Å². The minimum absolute atomic E-state index is 0.192. The first-order valence-electron chi connectivity index (χ1n) is 10.5. The van der Waals surface area contributed by atoms with E-state index < -0.39 is 17.6 Å². The fourth-order valence-corrected chi connectivity index (χ4v) is 6.31. The SMILES string of the molecule is C[C@]1(CCc2ccc3cc(Br)c(N)nc3c2)C[C@@H](c2scc3c(N)ncnc23)[C@H](O)[C@@H]1O. The lowest BCUT2D eigenvalue weighted by molar-refractivity contribution is -0.0199. The summed E-state index contributed by atoms with van der Waals surface area (Å²) in [5.41, 5.74) is 14.2. The summed E-state index contributed by atoms with van der Waals surface area (Å²) < 4.78 is 0.785. The lowest BCUT2D eigenvalue weighted by Gasteiger charge is -2.28. The minimum atomic E-state index is -0.853. The van der Waals surface area contributed by atoms with E-state index in [9.17, 15) is 10.2 Å². The van der Waals surface area contributed by atoms with Crippen LogP contribution < -0.4 is 11.5 Å². The maximum absolute atomic E-state index is 11.0. The van der Waals surface area contributed by atoms with Crippen LogP contribution in [-0.2, 0) is 6.42 Å². The van der Waals surface area contributed by atoms with Gasteiger partial charge in [-0.1, -0.05) is 19.1 Å². The Balaban J connectivity index is 1.38. The number of nitrogen functional groups attached to an aromatic ring is 2. The number of aliphatic hydroxyl groups excluding tert-OH is 2. The van der Waals surface area contributed by atoms with E-state index in [1.807, 2.05) is 23.6 Å². The molecule has 1 fully saturated rings. The van der Waals surface area contributed by atoms with Gasteiger partial charge in [0.05, 0.1) is 33.1 Å². The summed E-state index contributed by atoms with van der Waals surface area (Å²) in [6, 6.07) is 8.13. The molecule has 0 bridgehead atoms. The van der Waals surface area contributed by atoms with Crippen LogP contribution in [0.5, 0.6) is 0 Å². The van der Waals surface area contributed by atoms with E-state index in [1.54, 1.807) is 0 Å². The molecule has 7 nitrogen and oxygen atoms in total. The molecule has 0 aliphatic heterocycles. The number of fused-ring (bicyclic) bond motifs is 2. The first-order chi connectivity index (χ1) is 15.3. The molecule has 9 heteroatoms. The summed E-state index contributed by atoms with van der Waals surface area (Å²) in [4.78, 5) is 13.9. The van der Waals surface area contributed by atoms with Crippen LogP contribution in [0.15, 0.2) is 40.4 Å². The molecule has 166 valence electrons. The number of anilines is 2. The first-order valence-corrected chi connectivity index (χ1v) is 12.1. The first kappa shape index (κ1) is 21.5. The zero-order chi connectivity index (χ0) is 22.6. The second-order valence-corrected chi connectivity index (χ2v) is 10.7. The van der Waals surface area contributed by atoms with Crippen molar-refractivity contribution in [1.82, 2.24) is 15.0 Å². The van der Waals surface area contributed by atoms with Gasteiger partial charge in [-0.15, -0.1) is 11.3 Å². The average Bonchev–Trinajstić information content (AvgIpc) is 3.29. The molecular weight excluding hydrogens is 490 g/mol. The number of hydrogen-bond donors (Lipinski definition) is 4. The number of nitrogens with zero attached hydrogens (tertiary/aromatic N) is 3. The van der Waals surface area contributed by atoms with Crippen molar-refractivity contribution in [2.75, 3.05) is 11.5 Å². The smallest absolute Gasteiger partial charge is 0.138 e. The fourth-order valence-electron chi connectivity index (χ4n) is 4.82. The monoisotopic (exact) mass is 513 g/mol.